The van der Waals surface area contributed by atoms with Gasteiger partial charge in [0.25, 0.3) is 0 Å². The minimum Gasteiger partial charge on any atom is -0.414 e. The van der Waals surface area contributed by atoms with E-state index in [0.717, 1.165) is 6.42 Å². The van der Waals surface area contributed by atoms with E-state index in [1.54, 1.807) is 0 Å². The molecule has 0 aromatic heterocycles. The molecule has 148 valence electrons. The largest absolute Gasteiger partial charge is 0.414 e. The number of fused-ring (bicyclic) bond motifs is 1. The summed E-state index contributed by atoms with van der Waals surface area (Å²) >= 11 is 3.91. The first-order valence-corrected chi connectivity index (χ1v) is 13.8. The van der Waals surface area contributed by atoms with Gasteiger partial charge in [-0.05, 0) is 77.8 Å². The quantitative estimate of drug-likeness (QED) is 0.428. The van der Waals surface area contributed by atoms with Gasteiger partial charge in [-0.1, -0.05) is 70.5 Å². The average molecular weight is 440 g/mol. The fraction of sp³-hybridized carbons (Fsp3) is 0.739. The van der Waals surface area contributed by atoms with Crippen molar-refractivity contribution in [3.05, 3.63) is 33.3 Å². The predicted octanol–water partition coefficient (Wildman–Crippen LogP) is 7.67. The van der Waals surface area contributed by atoms with Crippen LogP contribution in [0.4, 0.5) is 0 Å². The van der Waals surface area contributed by atoms with E-state index < -0.39 is 9.04 Å². The topological polar surface area (TPSA) is 9.23 Å². The molecular weight excluding hydrogens is 400 g/mol. The Morgan fingerprint density at radius 3 is 2.00 bits per heavy atom. The van der Waals surface area contributed by atoms with Crippen LogP contribution in [0, 0.1) is 5.41 Å². The molecule has 0 amide bonds. The zero-order chi connectivity index (χ0) is 19.9. The fourth-order valence-corrected chi connectivity index (χ4v) is 5.58. The molecule has 0 bridgehead atoms. The second kappa shape index (κ2) is 7.71. The first-order valence-electron chi connectivity index (χ1n) is 10.2. The van der Waals surface area contributed by atoms with Crippen molar-refractivity contribution < 1.29 is 4.43 Å². The highest BCUT2D eigenvalue weighted by atomic mass is 79.9. The van der Waals surface area contributed by atoms with Crippen LogP contribution in [0.2, 0.25) is 13.1 Å². The standard InChI is InChI=1S/C23H39BrOSi/c1-21(2,3)11-10-20(25-26(8)9)16-14-17-18(15-19(16)24)23(6,7)13-12-22(17,4)5/h14-15,20,26H,10-13H2,1-9H3. The molecule has 1 aliphatic rings. The summed E-state index contributed by atoms with van der Waals surface area (Å²) in [6, 6.07) is 4.88. The third kappa shape index (κ3) is 5.23. The molecule has 0 fully saturated rings. The normalized spacial score (nSPS) is 20.1. The van der Waals surface area contributed by atoms with Gasteiger partial charge < -0.3 is 4.43 Å². The van der Waals surface area contributed by atoms with E-state index in [-0.39, 0.29) is 16.9 Å². The van der Waals surface area contributed by atoms with Gasteiger partial charge in [-0.15, -0.1) is 0 Å². The molecule has 1 atom stereocenters. The summed E-state index contributed by atoms with van der Waals surface area (Å²) in [7, 11) is -1.11. The maximum atomic E-state index is 6.53. The smallest absolute Gasteiger partial charge is 0.171 e. The maximum absolute atomic E-state index is 6.53. The molecule has 1 aromatic rings. The van der Waals surface area contributed by atoms with Gasteiger partial charge in [0.1, 0.15) is 0 Å². The summed E-state index contributed by atoms with van der Waals surface area (Å²) in [4.78, 5) is 0. The lowest BCUT2D eigenvalue weighted by molar-refractivity contribution is 0.173. The Balaban J connectivity index is 2.49. The second-order valence-corrected chi connectivity index (χ2v) is 14.2. The Morgan fingerprint density at radius 2 is 1.54 bits per heavy atom. The Labute approximate surface area is 172 Å². The molecule has 1 aromatic carbocycles. The van der Waals surface area contributed by atoms with E-state index in [1.807, 2.05) is 0 Å². The van der Waals surface area contributed by atoms with Crippen LogP contribution in [0.5, 0.6) is 0 Å². The monoisotopic (exact) mass is 438 g/mol. The van der Waals surface area contributed by atoms with Gasteiger partial charge in [0, 0.05) is 4.47 Å². The summed E-state index contributed by atoms with van der Waals surface area (Å²) in [6.07, 6.45) is 4.98. The van der Waals surface area contributed by atoms with Gasteiger partial charge in [-0.3, -0.25) is 0 Å². The highest BCUT2D eigenvalue weighted by Crippen LogP contribution is 2.48. The van der Waals surface area contributed by atoms with Crippen LogP contribution in [-0.2, 0) is 15.3 Å². The highest BCUT2D eigenvalue weighted by Gasteiger charge is 2.38. The van der Waals surface area contributed by atoms with E-state index in [1.165, 1.54) is 40.4 Å². The number of rotatable bonds is 5. The Hall–Kier alpha value is -0.123. The average Bonchev–Trinajstić information content (AvgIpc) is 2.47. The van der Waals surface area contributed by atoms with E-state index in [0.29, 0.717) is 5.41 Å². The van der Waals surface area contributed by atoms with Crippen LogP contribution in [0.15, 0.2) is 16.6 Å². The summed E-state index contributed by atoms with van der Waals surface area (Å²) in [5.41, 5.74) is 5.23. The van der Waals surface area contributed by atoms with Crippen LogP contribution in [0.1, 0.15) is 96.9 Å². The second-order valence-electron chi connectivity index (χ2n) is 11.0. The van der Waals surface area contributed by atoms with Gasteiger partial charge >= 0.3 is 0 Å². The lowest BCUT2D eigenvalue weighted by Gasteiger charge is -2.42. The van der Waals surface area contributed by atoms with Gasteiger partial charge in [-0.2, -0.15) is 0 Å². The maximum Gasteiger partial charge on any atom is 0.171 e. The molecule has 0 radical (unpaired) electrons. The van der Waals surface area contributed by atoms with Crippen LogP contribution >= 0.6 is 15.9 Å². The van der Waals surface area contributed by atoms with E-state index in [2.05, 4.69) is 89.6 Å². The zero-order valence-corrected chi connectivity index (χ0v) is 21.2. The lowest BCUT2D eigenvalue weighted by Crippen LogP contribution is -2.34. The molecule has 0 N–H and O–H groups in total. The first kappa shape index (κ1) is 22.2. The summed E-state index contributed by atoms with van der Waals surface area (Å²) in [5.74, 6) is 0. The number of benzene rings is 1. The summed E-state index contributed by atoms with van der Waals surface area (Å²) in [6.45, 7) is 21.1. The van der Waals surface area contributed by atoms with Crippen molar-refractivity contribution in [3.63, 3.8) is 0 Å². The molecular formula is C23H39BrOSi. The molecule has 0 saturated carbocycles. The first-order chi connectivity index (χ1) is 11.7. The van der Waals surface area contributed by atoms with Gasteiger partial charge in [0.15, 0.2) is 9.04 Å². The summed E-state index contributed by atoms with van der Waals surface area (Å²) < 4.78 is 7.76. The Morgan fingerprint density at radius 1 is 1.04 bits per heavy atom. The minimum atomic E-state index is -1.11. The minimum absolute atomic E-state index is 0.210. The van der Waals surface area contributed by atoms with Crippen molar-refractivity contribution in [1.29, 1.82) is 0 Å². The predicted molar refractivity (Wildman–Crippen MR) is 121 cm³/mol. The molecule has 1 aliphatic carbocycles. The number of halogens is 1. The Kier molecular flexibility index (Phi) is 6.58. The van der Waals surface area contributed by atoms with Crippen molar-refractivity contribution >= 4 is 25.0 Å². The van der Waals surface area contributed by atoms with Crippen molar-refractivity contribution in [1.82, 2.24) is 0 Å². The van der Waals surface area contributed by atoms with E-state index in [9.17, 15) is 0 Å². The number of hydrogen-bond acceptors (Lipinski definition) is 1. The van der Waals surface area contributed by atoms with Crippen LogP contribution < -0.4 is 0 Å². The molecule has 1 unspecified atom stereocenters. The van der Waals surface area contributed by atoms with Crippen LogP contribution in [-0.4, -0.2) is 9.04 Å². The lowest BCUT2D eigenvalue weighted by atomic mass is 9.63. The highest BCUT2D eigenvalue weighted by molar-refractivity contribution is 9.10. The van der Waals surface area contributed by atoms with E-state index in [4.69, 9.17) is 4.43 Å². The fourth-order valence-electron chi connectivity index (χ4n) is 4.04. The SMILES string of the molecule is C[SiH](C)OC(CCC(C)(C)C)c1cc2c(cc1Br)C(C)(C)CCC2(C)C. The van der Waals surface area contributed by atoms with Crippen molar-refractivity contribution in [2.75, 3.05) is 0 Å². The third-order valence-corrected chi connectivity index (χ3v) is 7.47. The van der Waals surface area contributed by atoms with Gasteiger partial charge in [0.05, 0.1) is 6.10 Å². The third-order valence-electron chi connectivity index (χ3n) is 5.91. The molecule has 1 nitrogen and oxygen atoms in total. The van der Waals surface area contributed by atoms with E-state index >= 15 is 0 Å². The molecule has 26 heavy (non-hydrogen) atoms. The van der Waals surface area contributed by atoms with Crippen molar-refractivity contribution in [2.24, 2.45) is 5.41 Å². The number of hydrogen-bond donors (Lipinski definition) is 0. The van der Waals surface area contributed by atoms with Crippen LogP contribution in [0.25, 0.3) is 0 Å². The van der Waals surface area contributed by atoms with Gasteiger partial charge in [0.2, 0.25) is 0 Å². The summed E-state index contributed by atoms with van der Waals surface area (Å²) in [5, 5.41) is 0. The van der Waals surface area contributed by atoms with Crippen molar-refractivity contribution in [2.45, 2.75) is 104 Å². The van der Waals surface area contributed by atoms with Crippen LogP contribution in [0.3, 0.4) is 0 Å². The molecule has 2 rings (SSSR count). The van der Waals surface area contributed by atoms with Gasteiger partial charge in [-0.25, -0.2) is 0 Å². The Bertz CT molecular complexity index is 640. The molecule has 0 heterocycles. The molecule has 0 aliphatic heterocycles. The molecule has 0 saturated heterocycles. The molecule has 0 spiro atoms. The zero-order valence-electron chi connectivity index (χ0n) is 18.4. The van der Waals surface area contributed by atoms with Crippen molar-refractivity contribution in [3.8, 4) is 0 Å². The molecule has 3 heteroatoms.